The van der Waals surface area contributed by atoms with E-state index in [9.17, 15) is 4.79 Å². The molecule has 0 heterocycles. The standard InChI is InChI=1S/C10H22N2O2/c1-4-6-9(11)10(13)12(3)7-8-14-5-2/h9H,4-8,11H2,1-3H3/t9-/m1/s1. The monoisotopic (exact) mass is 202 g/mol. The number of nitrogens with zero attached hydrogens (tertiary/aromatic N) is 1. The highest BCUT2D eigenvalue weighted by molar-refractivity contribution is 5.81. The van der Waals surface area contributed by atoms with Crippen molar-refractivity contribution in [1.82, 2.24) is 4.90 Å². The molecule has 0 aliphatic carbocycles. The van der Waals surface area contributed by atoms with Crippen molar-refractivity contribution in [1.29, 1.82) is 0 Å². The first-order valence-corrected chi connectivity index (χ1v) is 5.21. The van der Waals surface area contributed by atoms with E-state index in [4.69, 9.17) is 10.5 Å². The van der Waals surface area contributed by atoms with Gasteiger partial charge in [-0.1, -0.05) is 13.3 Å². The molecule has 0 spiro atoms. The maximum Gasteiger partial charge on any atom is 0.239 e. The van der Waals surface area contributed by atoms with Crippen LogP contribution in [0.4, 0.5) is 0 Å². The second-order valence-electron chi connectivity index (χ2n) is 3.35. The molecule has 0 unspecified atom stereocenters. The molecule has 84 valence electrons. The third-order valence-electron chi connectivity index (χ3n) is 2.07. The summed E-state index contributed by atoms with van der Waals surface area (Å²) >= 11 is 0. The van der Waals surface area contributed by atoms with Gasteiger partial charge in [0.2, 0.25) is 5.91 Å². The molecule has 1 atom stereocenters. The normalized spacial score (nSPS) is 12.6. The van der Waals surface area contributed by atoms with E-state index in [2.05, 4.69) is 0 Å². The van der Waals surface area contributed by atoms with Crippen molar-refractivity contribution in [3.05, 3.63) is 0 Å². The van der Waals surface area contributed by atoms with Crippen LogP contribution in [0.25, 0.3) is 0 Å². The summed E-state index contributed by atoms with van der Waals surface area (Å²) in [5, 5.41) is 0. The summed E-state index contributed by atoms with van der Waals surface area (Å²) in [5.74, 6) is 0.00607. The first-order valence-electron chi connectivity index (χ1n) is 5.21. The fourth-order valence-electron chi connectivity index (χ4n) is 1.17. The number of nitrogens with two attached hydrogens (primary N) is 1. The smallest absolute Gasteiger partial charge is 0.239 e. The number of amides is 1. The largest absolute Gasteiger partial charge is 0.380 e. The molecular formula is C10H22N2O2. The number of carbonyl (C=O) groups is 1. The maximum atomic E-state index is 11.6. The van der Waals surface area contributed by atoms with Crippen LogP contribution < -0.4 is 5.73 Å². The lowest BCUT2D eigenvalue weighted by Gasteiger charge is -2.20. The van der Waals surface area contributed by atoms with Crippen LogP contribution in [0.2, 0.25) is 0 Å². The third kappa shape index (κ3) is 5.19. The van der Waals surface area contributed by atoms with E-state index >= 15 is 0 Å². The molecule has 2 N–H and O–H groups in total. The lowest BCUT2D eigenvalue weighted by Crippen LogP contribution is -2.42. The van der Waals surface area contributed by atoms with E-state index in [1.54, 1.807) is 11.9 Å². The van der Waals surface area contributed by atoms with Gasteiger partial charge in [0.15, 0.2) is 0 Å². The molecule has 0 rings (SSSR count). The molecule has 14 heavy (non-hydrogen) atoms. The number of rotatable bonds is 7. The topological polar surface area (TPSA) is 55.6 Å². The van der Waals surface area contributed by atoms with Gasteiger partial charge in [0.05, 0.1) is 12.6 Å². The van der Waals surface area contributed by atoms with Gasteiger partial charge in [-0.2, -0.15) is 0 Å². The molecule has 0 aromatic heterocycles. The molecule has 0 saturated carbocycles. The summed E-state index contributed by atoms with van der Waals surface area (Å²) in [5.41, 5.74) is 5.70. The lowest BCUT2D eigenvalue weighted by molar-refractivity contribution is -0.132. The van der Waals surface area contributed by atoms with E-state index in [1.165, 1.54) is 0 Å². The van der Waals surface area contributed by atoms with E-state index in [0.29, 0.717) is 19.8 Å². The highest BCUT2D eigenvalue weighted by Gasteiger charge is 2.16. The Bertz CT molecular complexity index is 162. The SMILES string of the molecule is CCC[C@@H](N)C(=O)N(C)CCOCC. The number of carbonyl (C=O) groups excluding carboxylic acids is 1. The van der Waals surface area contributed by atoms with E-state index in [1.807, 2.05) is 13.8 Å². The van der Waals surface area contributed by atoms with Crippen LogP contribution in [-0.2, 0) is 9.53 Å². The zero-order valence-corrected chi connectivity index (χ0v) is 9.45. The second kappa shape index (κ2) is 7.76. The van der Waals surface area contributed by atoms with Crippen LogP contribution in [0.5, 0.6) is 0 Å². The van der Waals surface area contributed by atoms with Crippen LogP contribution >= 0.6 is 0 Å². The molecule has 1 amide bonds. The van der Waals surface area contributed by atoms with Gasteiger partial charge in [0.25, 0.3) is 0 Å². The second-order valence-corrected chi connectivity index (χ2v) is 3.35. The van der Waals surface area contributed by atoms with Gasteiger partial charge in [-0.15, -0.1) is 0 Å². The fraction of sp³-hybridized carbons (Fsp3) is 0.900. The van der Waals surface area contributed by atoms with Crippen LogP contribution in [0, 0.1) is 0 Å². The highest BCUT2D eigenvalue weighted by atomic mass is 16.5. The zero-order valence-electron chi connectivity index (χ0n) is 9.45. The van der Waals surface area contributed by atoms with Gasteiger partial charge >= 0.3 is 0 Å². The molecule has 0 bridgehead atoms. The predicted octanol–water partition coefficient (Wildman–Crippen LogP) is 0.609. The minimum Gasteiger partial charge on any atom is -0.380 e. The molecule has 0 fully saturated rings. The zero-order chi connectivity index (χ0) is 11.0. The lowest BCUT2D eigenvalue weighted by atomic mass is 10.1. The Hall–Kier alpha value is -0.610. The highest BCUT2D eigenvalue weighted by Crippen LogP contribution is 1.97. The molecule has 0 radical (unpaired) electrons. The molecule has 4 heteroatoms. The Morgan fingerprint density at radius 3 is 2.64 bits per heavy atom. The minimum absolute atomic E-state index is 0.00607. The molecular weight excluding hydrogens is 180 g/mol. The molecule has 4 nitrogen and oxygen atoms in total. The van der Waals surface area contributed by atoms with Crippen molar-refractivity contribution >= 4 is 5.91 Å². The average Bonchev–Trinajstić information content (AvgIpc) is 2.17. The quantitative estimate of drug-likeness (QED) is 0.615. The summed E-state index contributed by atoms with van der Waals surface area (Å²) in [7, 11) is 1.76. The Morgan fingerprint density at radius 1 is 1.50 bits per heavy atom. The van der Waals surface area contributed by atoms with Crippen LogP contribution in [0.15, 0.2) is 0 Å². The summed E-state index contributed by atoms with van der Waals surface area (Å²) < 4.78 is 5.16. The Balaban J connectivity index is 3.74. The van der Waals surface area contributed by atoms with E-state index in [-0.39, 0.29) is 11.9 Å². The first kappa shape index (κ1) is 13.4. The Labute approximate surface area is 86.4 Å². The van der Waals surface area contributed by atoms with E-state index in [0.717, 1.165) is 12.8 Å². The molecule has 0 saturated heterocycles. The van der Waals surface area contributed by atoms with Crippen molar-refractivity contribution in [2.24, 2.45) is 5.73 Å². The predicted molar refractivity (Wildman–Crippen MR) is 57.0 cm³/mol. The van der Waals surface area contributed by atoms with Gasteiger partial charge < -0.3 is 15.4 Å². The van der Waals surface area contributed by atoms with Gasteiger partial charge in [-0.3, -0.25) is 4.79 Å². The number of hydrogen-bond acceptors (Lipinski definition) is 3. The van der Waals surface area contributed by atoms with Crippen molar-refractivity contribution in [3.8, 4) is 0 Å². The molecule has 0 aliphatic heterocycles. The van der Waals surface area contributed by atoms with Crippen molar-refractivity contribution in [2.45, 2.75) is 32.7 Å². The van der Waals surface area contributed by atoms with E-state index < -0.39 is 0 Å². The van der Waals surface area contributed by atoms with Crippen LogP contribution in [0.3, 0.4) is 0 Å². The third-order valence-corrected chi connectivity index (χ3v) is 2.07. The maximum absolute atomic E-state index is 11.6. The Morgan fingerprint density at radius 2 is 2.14 bits per heavy atom. The van der Waals surface area contributed by atoms with Crippen LogP contribution in [-0.4, -0.2) is 43.7 Å². The number of ether oxygens (including phenoxy) is 1. The van der Waals surface area contributed by atoms with Crippen molar-refractivity contribution < 1.29 is 9.53 Å². The Kier molecular flexibility index (Phi) is 7.42. The minimum atomic E-state index is -0.355. The van der Waals surface area contributed by atoms with Gasteiger partial charge in [0.1, 0.15) is 0 Å². The summed E-state index contributed by atoms with van der Waals surface area (Å²) in [6.07, 6.45) is 1.68. The molecule has 0 aromatic carbocycles. The fourth-order valence-corrected chi connectivity index (χ4v) is 1.17. The van der Waals surface area contributed by atoms with Crippen molar-refractivity contribution in [2.75, 3.05) is 26.8 Å². The van der Waals surface area contributed by atoms with Gasteiger partial charge in [0, 0.05) is 20.2 Å². The first-order chi connectivity index (χ1) is 6.63. The average molecular weight is 202 g/mol. The summed E-state index contributed by atoms with van der Waals surface area (Å²) in [6, 6.07) is -0.355. The van der Waals surface area contributed by atoms with Gasteiger partial charge in [-0.25, -0.2) is 0 Å². The van der Waals surface area contributed by atoms with Crippen molar-refractivity contribution in [3.63, 3.8) is 0 Å². The summed E-state index contributed by atoms with van der Waals surface area (Å²) in [4.78, 5) is 13.2. The molecule has 0 aliphatic rings. The molecule has 0 aromatic rings. The summed E-state index contributed by atoms with van der Waals surface area (Å²) in [6.45, 7) is 5.84. The van der Waals surface area contributed by atoms with Crippen LogP contribution in [0.1, 0.15) is 26.7 Å². The number of likely N-dealkylation sites (N-methyl/N-ethyl adjacent to an activating group) is 1. The number of hydrogen-bond donors (Lipinski definition) is 1. The van der Waals surface area contributed by atoms with Gasteiger partial charge in [-0.05, 0) is 13.3 Å².